The second kappa shape index (κ2) is 5.49. The van der Waals surface area contributed by atoms with Crippen molar-refractivity contribution in [1.29, 1.82) is 0 Å². The number of rotatable bonds is 4. The minimum atomic E-state index is -3.71. The lowest BCUT2D eigenvalue weighted by atomic mass is 10.2. The zero-order valence-corrected chi connectivity index (χ0v) is 12.5. The summed E-state index contributed by atoms with van der Waals surface area (Å²) in [6.07, 6.45) is 0.999. The van der Waals surface area contributed by atoms with Crippen molar-refractivity contribution in [2.75, 3.05) is 11.5 Å². The van der Waals surface area contributed by atoms with Gasteiger partial charge in [0.05, 0.1) is 18.1 Å². The minimum Gasteiger partial charge on any atom is -0.392 e. The Kier molecular flexibility index (Phi) is 4.31. The van der Waals surface area contributed by atoms with Gasteiger partial charge in [0.15, 0.2) is 9.84 Å². The maximum atomic E-state index is 12.1. The molecule has 1 atom stereocenters. The van der Waals surface area contributed by atoms with E-state index in [9.17, 15) is 16.8 Å². The summed E-state index contributed by atoms with van der Waals surface area (Å²) in [4.78, 5) is 0. The van der Waals surface area contributed by atoms with E-state index in [2.05, 4.69) is 4.72 Å². The van der Waals surface area contributed by atoms with Crippen LogP contribution in [0.4, 0.5) is 0 Å². The summed E-state index contributed by atoms with van der Waals surface area (Å²) >= 11 is 1.01. The molecule has 108 valence electrons. The fourth-order valence-electron chi connectivity index (χ4n) is 1.97. The predicted octanol–water partition coefficient (Wildman–Crippen LogP) is 0.0959. The Morgan fingerprint density at radius 1 is 1.47 bits per heavy atom. The van der Waals surface area contributed by atoms with Crippen LogP contribution in [0.2, 0.25) is 0 Å². The first-order chi connectivity index (χ1) is 8.82. The molecule has 19 heavy (non-hydrogen) atoms. The molecule has 0 spiro atoms. The van der Waals surface area contributed by atoms with Gasteiger partial charge in [-0.1, -0.05) is 0 Å². The lowest BCUT2D eigenvalue weighted by Gasteiger charge is -2.22. The van der Waals surface area contributed by atoms with Gasteiger partial charge < -0.3 is 5.11 Å². The Labute approximate surface area is 116 Å². The van der Waals surface area contributed by atoms with Crippen molar-refractivity contribution in [3.8, 4) is 0 Å². The summed E-state index contributed by atoms with van der Waals surface area (Å²) in [5, 5.41) is 10.5. The van der Waals surface area contributed by atoms with Crippen molar-refractivity contribution in [3.05, 3.63) is 17.0 Å². The molecule has 9 heteroatoms. The number of thiophene rings is 1. The Morgan fingerprint density at radius 2 is 2.21 bits per heavy atom. The Balaban J connectivity index is 2.13. The van der Waals surface area contributed by atoms with Gasteiger partial charge in [0.25, 0.3) is 0 Å². The van der Waals surface area contributed by atoms with Crippen LogP contribution in [0, 0.1) is 0 Å². The highest BCUT2D eigenvalue weighted by molar-refractivity contribution is 7.92. The minimum absolute atomic E-state index is 0.0968. The molecule has 2 heterocycles. The van der Waals surface area contributed by atoms with Gasteiger partial charge >= 0.3 is 0 Å². The van der Waals surface area contributed by atoms with Gasteiger partial charge in [0, 0.05) is 6.04 Å². The summed E-state index contributed by atoms with van der Waals surface area (Å²) in [6.45, 7) is -0.218. The topological polar surface area (TPSA) is 101 Å². The molecule has 0 bridgehead atoms. The average molecular weight is 325 g/mol. The number of sulfonamides is 1. The zero-order chi connectivity index (χ0) is 14.1. The van der Waals surface area contributed by atoms with E-state index < -0.39 is 25.9 Å². The maximum Gasteiger partial charge on any atom is 0.250 e. The standard InChI is InChI=1S/C10H15NO5S3/c12-5-8-4-10(17-6-8)19(15,16)11-9-2-1-3-18(13,14)7-9/h4,6,9,11-12H,1-3,5,7H2. The smallest absolute Gasteiger partial charge is 0.250 e. The molecule has 2 rings (SSSR count). The highest BCUT2D eigenvalue weighted by atomic mass is 32.2. The molecular weight excluding hydrogens is 310 g/mol. The van der Waals surface area contributed by atoms with Crippen molar-refractivity contribution < 1.29 is 21.9 Å². The van der Waals surface area contributed by atoms with Crippen LogP contribution in [0.15, 0.2) is 15.7 Å². The Hall–Kier alpha value is -0.480. The summed E-state index contributed by atoms with van der Waals surface area (Å²) in [5.41, 5.74) is 0.529. The molecule has 1 aliphatic heterocycles. The summed E-state index contributed by atoms with van der Waals surface area (Å²) in [6, 6.07) is 0.827. The quantitative estimate of drug-likeness (QED) is 0.817. The second-order valence-corrected chi connectivity index (χ2v) is 9.59. The normalized spacial score (nSPS) is 23.3. The zero-order valence-electron chi connectivity index (χ0n) is 10.1. The number of nitrogens with one attached hydrogen (secondary N) is 1. The number of hydrogen-bond donors (Lipinski definition) is 2. The Bertz CT molecular complexity index is 646. The second-order valence-electron chi connectivity index (χ2n) is 4.51. The van der Waals surface area contributed by atoms with Crippen molar-refractivity contribution in [3.63, 3.8) is 0 Å². The van der Waals surface area contributed by atoms with E-state index in [0.29, 0.717) is 18.4 Å². The fourth-order valence-corrected chi connectivity index (χ4v) is 6.20. The Morgan fingerprint density at radius 3 is 2.79 bits per heavy atom. The van der Waals surface area contributed by atoms with Gasteiger partial charge in [-0.25, -0.2) is 21.6 Å². The molecule has 0 aromatic carbocycles. The van der Waals surface area contributed by atoms with Gasteiger partial charge in [-0.15, -0.1) is 11.3 Å². The van der Waals surface area contributed by atoms with E-state index in [1.807, 2.05) is 0 Å². The van der Waals surface area contributed by atoms with Crippen molar-refractivity contribution in [1.82, 2.24) is 4.72 Å². The van der Waals surface area contributed by atoms with Crippen LogP contribution in [0.5, 0.6) is 0 Å². The largest absolute Gasteiger partial charge is 0.392 e. The molecule has 0 saturated carbocycles. The third-order valence-corrected chi connectivity index (χ3v) is 7.69. The van der Waals surface area contributed by atoms with Gasteiger partial charge in [0.2, 0.25) is 10.0 Å². The molecule has 0 radical (unpaired) electrons. The summed E-state index contributed by atoms with van der Waals surface area (Å²) in [5.74, 6) is -0.0245. The fraction of sp³-hybridized carbons (Fsp3) is 0.600. The molecule has 6 nitrogen and oxygen atoms in total. The van der Waals surface area contributed by atoms with E-state index in [1.54, 1.807) is 5.38 Å². The third kappa shape index (κ3) is 3.76. The number of aliphatic hydroxyl groups excluding tert-OH is 1. The molecule has 0 aliphatic carbocycles. The van der Waals surface area contributed by atoms with E-state index in [1.165, 1.54) is 6.07 Å². The van der Waals surface area contributed by atoms with Crippen LogP contribution < -0.4 is 4.72 Å². The molecule has 0 amide bonds. The molecule has 2 N–H and O–H groups in total. The van der Waals surface area contributed by atoms with Crippen LogP contribution in [0.1, 0.15) is 18.4 Å². The first kappa shape index (κ1) is 14.9. The third-order valence-electron chi connectivity index (χ3n) is 2.86. The van der Waals surface area contributed by atoms with Crippen LogP contribution in [-0.2, 0) is 26.5 Å². The van der Waals surface area contributed by atoms with Gasteiger partial charge in [-0.2, -0.15) is 0 Å². The first-order valence-electron chi connectivity index (χ1n) is 5.73. The average Bonchev–Trinajstić information content (AvgIpc) is 2.76. The highest BCUT2D eigenvalue weighted by Crippen LogP contribution is 2.22. The van der Waals surface area contributed by atoms with Crippen LogP contribution in [0.25, 0.3) is 0 Å². The van der Waals surface area contributed by atoms with E-state index in [0.717, 1.165) is 11.3 Å². The van der Waals surface area contributed by atoms with Crippen molar-refractivity contribution >= 4 is 31.2 Å². The van der Waals surface area contributed by atoms with Crippen molar-refractivity contribution in [2.45, 2.75) is 29.7 Å². The number of hydrogen-bond acceptors (Lipinski definition) is 6. The monoisotopic (exact) mass is 325 g/mol. The van der Waals surface area contributed by atoms with Gasteiger partial charge in [0.1, 0.15) is 4.21 Å². The molecule has 1 unspecified atom stereocenters. The predicted molar refractivity (Wildman–Crippen MR) is 72.2 cm³/mol. The molecule has 1 aromatic heterocycles. The molecule has 1 aliphatic rings. The first-order valence-corrected chi connectivity index (χ1v) is 9.92. The maximum absolute atomic E-state index is 12.1. The molecule has 1 saturated heterocycles. The van der Waals surface area contributed by atoms with Crippen LogP contribution in [0.3, 0.4) is 0 Å². The number of aliphatic hydroxyl groups is 1. The van der Waals surface area contributed by atoms with Crippen LogP contribution in [-0.4, -0.2) is 39.5 Å². The number of sulfone groups is 1. The van der Waals surface area contributed by atoms with E-state index in [4.69, 9.17) is 5.11 Å². The van der Waals surface area contributed by atoms with Crippen LogP contribution >= 0.6 is 11.3 Å². The molecule has 1 aromatic rings. The molecular formula is C10H15NO5S3. The summed E-state index contributed by atoms with van der Waals surface area (Å²) in [7, 11) is -6.86. The van der Waals surface area contributed by atoms with Gasteiger partial charge in [-0.3, -0.25) is 0 Å². The molecule has 1 fully saturated rings. The summed E-state index contributed by atoms with van der Waals surface area (Å²) < 4.78 is 49.6. The van der Waals surface area contributed by atoms with Crippen molar-refractivity contribution in [2.24, 2.45) is 0 Å². The SMILES string of the molecule is O=S1(=O)CCCC(NS(=O)(=O)c2cc(CO)cs2)C1. The lowest BCUT2D eigenvalue weighted by molar-refractivity contribution is 0.282. The highest BCUT2D eigenvalue weighted by Gasteiger charge is 2.29. The van der Waals surface area contributed by atoms with Gasteiger partial charge in [-0.05, 0) is 29.9 Å². The lowest BCUT2D eigenvalue weighted by Crippen LogP contribution is -2.42. The van der Waals surface area contributed by atoms with E-state index in [-0.39, 0.29) is 22.3 Å². The van der Waals surface area contributed by atoms with E-state index >= 15 is 0 Å².